The molecule has 0 spiro atoms. The molecule has 0 saturated carbocycles. The summed E-state index contributed by atoms with van der Waals surface area (Å²) in [5.74, 6) is 0.300. The maximum Gasteiger partial charge on any atom is 0.253 e. The van der Waals surface area contributed by atoms with Crippen LogP contribution in [0, 0.1) is 6.92 Å². The van der Waals surface area contributed by atoms with Crippen molar-refractivity contribution in [2.45, 2.75) is 13.8 Å². The molecule has 94 valence electrons. The lowest BCUT2D eigenvalue weighted by Gasteiger charge is -2.17. The second-order valence-corrected chi connectivity index (χ2v) is 3.85. The van der Waals surface area contributed by atoms with Crippen LogP contribution in [-0.4, -0.2) is 42.6 Å². The molecule has 5 nitrogen and oxygen atoms in total. The van der Waals surface area contributed by atoms with Gasteiger partial charge in [-0.05, 0) is 26.0 Å². The second kappa shape index (κ2) is 6.20. The molecule has 0 fully saturated rings. The number of aryl methyl sites for hydroxylation is 1. The molecule has 5 heteroatoms. The minimum atomic E-state index is -0.0677. The predicted molar refractivity (Wildman–Crippen MR) is 66.8 cm³/mol. The molecule has 2 N–H and O–H groups in total. The zero-order valence-corrected chi connectivity index (χ0v) is 10.6. The normalized spacial score (nSPS) is 10.3. The Morgan fingerprint density at radius 1 is 1.53 bits per heavy atom. The van der Waals surface area contributed by atoms with Crippen molar-refractivity contribution in [3.8, 4) is 0 Å². The fourth-order valence-corrected chi connectivity index (χ4v) is 1.49. The Labute approximate surface area is 102 Å². The minimum Gasteiger partial charge on any atom is -0.384 e. The van der Waals surface area contributed by atoms with Crippen molar-refractivity contribution in [1.82, 2.24) is 9.88 Å². The molecular formula is C12H19N3O2. The van der Waals surface area contributed by atoms with Gasteiger partial charge in [-0.25, -0.2) is 4.98 Å². The summed E-state index contributed by atoms with van der Waals surface area (Å²) in [5, 5.41) is 0. The largest absolute Gasteiger partial charge is 0.384 e. The van der Waals surface area contributed by atoms with Crippen LogP contribution in [-0.2, 0) is 4.74 Å². The lowest BCUT2D eigenvalue weighted by molar-refractivity contribution is 0.0710. The van der Waals surface area contributed by atoms with E-state index in [9.17, 15) is 4.79 Å². The maximum absolute atomic E-state index is 12.0. The van der Waals surface area contributed by atoms with Gasteiger partial charge < -0.3 is 15.4 Å². The van der Waals surface area contributed by atoms with Gasteiger partial charge in [0.2, 0.25) is 0 Å². The number of likely N-dealkylation sites (N-methyl/N-ethyl adjacent to an activating group) is 1. The summed E-state index contributed by atoms with van der Waals surface area (Å²) in [6.07, 6.45) is 0. The Kier molecular flexibility index (Phi) is 4.90. The zero-order chi connectivity index (χ0) is 12.8. The van der Waals surface area contributed by atoms with Crippen molar-refractivity contribution in [2.75, 3.05) is 32.5 Å². The fourth-order valence-electron chi connectivity index (χ4n) is 1.49. The van der Waals surface area contributed by atoms with Crippen LogP contribution < -0.4 is 5.73 Å². The van der Waals surface area contributed by atoms with E-state index in [-0.39, 0.29) is 5.91 Å². The van der Waals surface area contributed by atoms with Crippen molar-refractivity contribution in [3.63, 3.8) is 0 Å². The zero-order valence-electron chi connectivity index (χ0n) is 10.6. The van der Waals surface area contributed by atoms with Gasteiger partial charge >= 0.3 is 0 Å². The summed E-state index contributed by atoms with van der Waals surface area (Å²) in [6, 6.07) is 3.32. The van der Waals surface area contributed by atoms with E-state index in [2.05, 4.69) is 4.98 Å². The number of amides is 1. The third kappa shape index (κ3) is 4.03. The van der Waals surface area contributed by atoms with E-state index < -0.39 is 0 Å². The van der Waals surface area contributed by atoms with Gasteiger partial charge in [-0.3, -0.25) is 4.79 Å². The van der Waals surface area contributed by atoms with Crippen LogP contribution in [0.15, 0.2) is 12.1 Å². The van der Waals surface area contributed by atoms with Crippen LogP contribution in [0.4, 0.5) is 5.82 Å². The molecule has 1 aromatic rings. The molecule has 0 aliphatic heterocycles. The molecule has 0 radical (unpaired) electrons. The number of nitrogens with zero attached hydrogens (tertiary/aromatic N) is 2. The molecule has 0 unspecified atom stereocenters. The first-order valence-electron chi connectivity index (χ1n) is 5.62. The smallest absolute Gasteiger partial charge is 0.253 e. The van der Waals surface area contributed by atoms with Crippen LogP contribution in [0.1, 0.15) is 23.0 Å². The molecule has 0 saturated heterocycles. The highest BCUT2D eigenvalue weighted by molar-refractivity contribution is 5.94. The quantitative estimate of drug-likeness (QED) is 0.778. The number of carbonyl (C=O) groups is 1. The molecule has 0 aromatic carbocycles. The number of nitrogen functional groups attached to an aromatic ring is 1. The number of ether oxygens (including phenoxy) is 1. The van der Waals surface area contributed by atoms with Crippen molar-refractivity contribution >= 4 is 11.7 Å². The molecule has 1 heterocycles. The summed E-state index contributed by atoms with van der Waals surface area (Å²) >= 11 is 0. The van der Waals surface area contributed by atoms with Crippen LogP contribution in [0.25, 0.3) is 0 Å². The maximum atomic E-state index is 12.0. The number of hydrogen-bond acceptors (Lipinski definition) is 4. The Morgan fingerprint density at radius 2 is 2.24 bits per heavy atom. The van der Waals surface area contributed by atoms with Gasteiger partial charge in [0.05, 0.1) is 6.61 Å². The lowest BCUT2D eigenvalue weighted by atomic mass is 10.2. The molecule has 1 rings (SSSR count). The molecule has 17 heavy (non-hydrogen) atoms. The molecule has 0 aliphatic carbocycles. The number of hydrogen-bond donors (Lipinski definition) is 1. The molecule has 1 amide bonds. The van der Waals surface area contributed by atoms with Gasteiger partial charge in [-0.15, -0.1) is 0 Å². The third-order valence-corrected chi connectivity index (χ3v) is 2.34. The summed E-state index contributed by atoms with van der Waals surface area (Å²) in [6.45, 7) is 5.50. The van der Waals surface area contributed by atoms with Crippen LogP contribution in [0.3, 0.4) is 0 Å². The van der Waals surface area contributed by atoms with Crippen LogP contribution in [0.2, 0.25) is 0 Å². The molecule has 0 atom stereocenters. The number of nitrogens with two attached hydrogens (primary N) is 1. The first kappa shape index (κ1) is 13.4. The van der Waals surface area contributed by atoms with E-state index in [1.54, 1.807) is 24.1 Å². The number of pyridine rings is 1. The van der Waals surface area contributed by atoms with Crippen molar-refractivity contribution in [2.24, 2.45) is 0 Å². The standard InChI is InChI=1S/C12H19N3O2/c1-4-17-6-5-15(3)12(16)10-7-9(2)14-11(13)8-10/h7-8H,4-6H2,1-3H3,(H2,13,14). The van der Waals surface area contributed by atoms with Crippen molar-refractivity contribution in [1.29, 1.82) is 0 Å². The highest BCUT2D eigenvalue weighted by Gasteiger charge is 2.12. The first-order chi connectivity index (χ1) is 8.04. The van der Waals surface area contributed by atoms with E-state index in [1.807, 2.05) is 13.8 Å². The van der Waals surface area contributed by atoms with Crippen LogP contribution in [0.5, 0.6) is 0 Å². The SMILES string of the molecule is CCOCCN(C)C(=O)c1cc(C)nc(N)c1. The number of rotatable bonds is 5. The molecule has 0 aliphatic rings. The first-order valence-corrected chi connectivity index (χ1v) is 5.62. The Balaban J connectivity index is 2.68. The van der Waals surface area contributed by atoms with Crippen molar-refractivity contribution < 1.29 is 9.53 Å². The van der Waals surface area contributed by atoms with Crippen molar-refractivity contribution in [3.05, 3.63) is 23.4 Å². The molecular weight excluding hydrogens is 218 g/mol. The average Bonchev–Trinajstić information content (AvgIpc) is 2.27. The summed E-state index contributed by atoms with van der Waals surface area (Å²) < 4.78 is 5.21. The van der Waals surface area contributed by atoms with Gasteiger partial charge in [0.15, 0.2) is 0 Å². The van der Waals surface area contributed by atoms with Gasteiger partial charge in [-0.2, -0.15) is 0 Å². The Bertz CT molecular complexity index is 373. The summed E-state index contributed by atoms with van der Waals surface area (Å²) in [4.78, 5) is 17.7. The van der Waals surface area contributed by atoms with Gasteiger partial charge in [-0.1, -0.05) is 0 Å². The van der Waals surface area contributed by atoms with E-state index in [1.165, 1.54) is 0 Å². The number of carbonyl (C=O) groups excluding carboxylic acids is 1. The highest BCUT2D eigenvalue weighted by Crippen LogP contribution is 2.09. The summed E-state index contributed by atoms with van der Waals surface area (Å²) in [7, 11) is 1.74. The lowest BCUT2D eigenvalue weighted by Crippen LogP contribution is -2.30. The fraction of sp³-hybridized carbons (Fsp3) is 0.500. The average molecular weight is 237 g/mol. The minimum absolute atomic E-state index is 0.0677. The van der Waals surface area contributed by atoms with Gasteiger partial charge in [0.1, 0.15) is 5.82 Å². The summed E-state index contributed by atoms with van der Waals surface area (Å²) in [5.41, 5.74) is 6.92. The monoisotopic (exact) mass is 237 g/mol. The highest BCUT2D eigenvalue weighted by atomic mass is 16.5. The number of anilines is 1. The predicted octanol–water partition coefficient (Wildman–Crippen LogP) is 1.08. The topological polar surface area (TPSA) is 68.5 Å². The molecule has 1 aromatic heterocycles. The van der Waals surface area contributed by atoms with E-state index in [0.29, 0.717) is 31.1 Å². The van der Waals surface area contributed by atoms with E-state index in [0.717, 1.165) is 5.69 Å². The van der Waals surface area contributed by atoms with E-state index >= 15 is 0 Å². The molecule has 0 bridgehead atoms. The van der Waals surface area contributed by atoms with Gasteiger partial charge in [0, 0.05) is 31.5 Å². The van der Waals surface area contributed by atoms with Crippen LogP contribution >= 0.6 is 0 Å². The Morgan fingerprint density at radius 3 is 2.82 bits per heavy atom. The number of aromatic nitrogens is 1. The Hall–Kier alpha value is -1.62. The second-order valence-electron chi connectivity index (χ2n) is 3.85. The third-order valence-electron chi connectivity index (χ3n) is 2.34. The van der Waals surface area contributed by atoms with E-state index in [4.69, 9.17) is 10.5 Å². The van der Waals surface area contributed by atoms with Gasteiger partial charge in [0.25, 0.3) is 5.91 Å².